The van der Waals surface area contributed by atoms with Gasteiger partial charge in [0.15, 0.2) is 0 Å². The van der Waals surface area contributed by atoms with Gasteiger partial charge in [0, 0.05) is 37.9 Å². The molecule has 1 heterocycles. The molecule has 0 saturated carbocycles. The van der Waals surface area contributed by atoms with E-state index in [0.717, 1.165) is 12.1 Å². The van der Waals surface area contributed by atoms with E-state index in [1.54, 1.807) is 29.2 Å². The Kier molecular flexibility index (Phi) is 9.51. The van der Waals surface area contributed by atoms with Crippen molar-refractivity contribution in [3.63, 3.8) is 0 Å². The molecule has 2 N–H and O–H groups in total. The van der Waals surface area contributed by atoms with Gasteiger partial charge < -0.3 is 25.0 Å². The molecule has 1 fully saturated rings. The monoisotopic (exact) mass is 521 g/mol. The fourth-order valence-electron chi connectivity index (χ4n) is 4.17. The first-order valence-corrected chi connectivity index (χ1v) is 11.8. The summed E-state index contributed by atoms with van der Waals surface area (Å²) in [7, 11) is 3.03. The van der Waals surface area contributed by atoms with Crippen molar-refractivity contribution in [3.8, 4) is 5.75 Å². The van der Waals surface area contributed by atoms with Crippen LogP contribution in [0.2, 0.25) is 0 Å². The van der Waals surface area contributed by atoms with Crippen LogP contribution in [0.5, 0.6) is 5.75 Å². The first-order chi connectivity index (χ1) is 17.6. The molecule has 200 valence electrons. The minimum atomic E-state index is -4.48. The molecule has 2 aromatic rings. The van der Waals surface area contributed by atoms with E-state index in [1.807, 2.05) is 0 Å². The number of nitrogens with zero attached hydrogens (tertiary/aromatic N) is 1. The van der Waals surface area contributed by atoms with Gasteiger partial charge in [-0.1, -0.05) is 0 Å². The quantitative estimate of drug-likeness (QED) is 0.495. The van der Waals surface area contributed by atoms with Gasteiger partial charge in [-0.2, -0.15) is 13.2 Å². The molecular weight excluding hydrogens is 491 g/mol. The van der Waals surface area contributed by atoms with Gasteiger partial charge in [-0.05, 0) is 67.3 Å². The second-order valence-electron chi connectivity index (χ2n) is 8.67. The number of rotatable bonds is 9. The number of hydrogen-bond acceptors (Lipinski definition) is 5. The van der Waals surface area contributed by atoms with E-state index in [-0.39, 0.29) is 29.8 Å². The summed E-state index contributed by atoms with van der Waals surface area (Å²) in [4.78, 5) is 40.2. The summed E-state index contributed by atoms with van der Waals surface area (Å²) in [5, 5.41) is 5.58. The van der Waals surface area contributed by atoms with Crippen molar-refractivity contribution in [1.29, 1.82) is 0 Å². The first kappa shape index (κ1) is 28.0. The summed E-state index contributed by atoms with van der Waals surface area (Å²) < 4.78 is 48.5. The zero-order valence-corrected chi connectivity index (χ0v) is 20.6. The molecule has 3 rings (SSSR count). The van der Waals surface area contributed by atoms with Gasteiger partial charge in [0.25, 0.3) is 11.8 Å². The number of benzene rings is 2. The normalized spacial score (nSPS) is 15.1. The number of amides is 3. The van der Waals surface area contributed by atoms with E-state index in [9.17, 15) is 27.6 Å². The largest absolute Gasteiger partial charge is 0.497 e. The molecular formula is C26H30F3N3O5. The summed E-state index contributed by atoms with van der Waals surface area (Å²) in [5.74, 6) is -0.809. The number of methoxy groups -OCH3 is 2. The van der Waals surface area contributed by atoms with Crippen LogP contribution >= 0.6 is 0 Å². The highest BCUT2D eigenvalue weighted by atomic mass is 19.4. The maximum Gasteiger partial charge on any atom is 0.416 e. The lowest BCUT2D eigenvalue weighted by atomic mass is 9.88. The molecule has 8 nitrogen and oxygen atoms in total. The standard InChI is InChI=1S/C26H30F3N3O5/c1-36-16-13-30-24(34)22(31-23(33)18-5-9-21(37-2)10-6-18)17-11-14-32(15-12-17)25(35)19-3-7-20(8-4-19)26(27,28)29/h3-10,17,22H,11-16H2,1-2H3,(H,30,34)(H,31,33). The van der Waals surface area contributed by atoms with Crippen LogP contribution in [0, 0.1) is 5.92 Å². The van der Waals surface area contributed by atoms with Crippen molar-refractivity contribution in [3.05, 3.63) is 65.2 Å². The van der Waals surface area contributed by atoms with E-state index >= 15 is 0 Å². The second kappa shape index (κ2) is 12.6. The van der Waals surface area contributed by atoms with Crippen molar-refractivity contribution in [2.75, 3.05) is 40.5 Å². The lowest BCUT2D eigenvalue weighted by Gasteiger charge is -2.36. The Hall–Kier alpha value is -3.60. The summed E-state index contributed by atoms with van der Waals surface area (Å²) in [6.07, 6.45) is -3.62. The van der Waals surface area contributed by atoms with Crippen molar-refractivity contribution >= 4 is 17.7 Å². The lowest BCUT2D eigenvalue weighted by Crippen LogP contribution is -2.54. The maximum atomic E-state index is 13.0. The number of alkyl halides is 3. The van der Waals surface area contributed by atoms with Crippen molar-refractivity contribution in [2.45, 2.75) is 25.1 Å². The van der Waals surface area contributed by atoms with Gasteiger partial charge in [-0.3, -0.25) is 14.4 Å². The van der Waals surface area contributed by atoms with E-state index in [1.165, 1.54) is 26.4 Å². The molecule has 3 amide bonds. The molecule has 1 atom stereocenters. The first-order valence-electron chi connectivity index (χ1n) is 11.8. The average Bonchev–Trinajstić information content (AvgIpc) is 2.91. The van der Waals surface area contributed by atoms with Crippen LogP contribution in [-0.2, 0) is 15.7 Å². The van der Waals surface area contributed by atoms with Crippen LogP contribution in [0.25, 0.3) is 0 Å². The highest BCUT2D eigenvalue weighted by Crippen LogP contribution is 2.29. The average molecular weight is 522 g/mol. The molecule has 0 spiro atoms. The number of nitrogens with one attached hydrogen (secondary N) is 2. The van der Waals surface area contributed by atoms with Gasteiger partial charge >= 0.3 is 6.18 Å². The van der Waals surface area contributed by atoms with Crippen molar-refractivity contribution < 1.29 is 37.0 Å². The summed E-state index contributed by atoms with van der Waals surface area (Å²) in [5.41, 5.74) is -0.295. The van der Waals surface area contributed by atoms with Crippen LogP contribution in [0.3, 0.4) is 0 Å². The zero-order valence-electron chi connectivity index (χ0n) is 20.6. The molecule has 37 heavy (non-hydrogen) atoms. The highest BCUT2D eigenvalue weighted by Gasteiger charge is 2.35. The van der Waals surface area contributed by atoms with E-state index in [2.05, 4.69) is 10.6 Å². The Morgan fingerprint density at radius 2 is 1.57 bits per heavy atom. The fourth-order valence-corrected chi connectivity index (χ4v) is 4.17. The third kappa shape index (κ3) is 7.45. The zero-order chi connectivity index (χ0) is 27.0. The van der Waals surface area contributed by atoms with Gasteiger partial charge in [-0.25, -0.2) is 0 Å². The second-order valence-corrected chi connectivity index (χ2v) is 8.67. The predicted molar refractivity (Wildman–Crippen MR) is 129 cm³/mol. The number of carbonyl (C=O) groups is 3. The number of carbonyl (C=O) groups excluding carboxylic acids is 3. The molecule has 0 aromatic heterocycles. The summed E-state index contributed by atoms with van der Waals surface area (Å²) >= 11 is 0. The van der Waals surface area contributed by atoms with Crippen LogP contribution in [0.1, 0.15) is 39.1 Å². The number of hydrogen-bond donors (Lipinski definition) is 2. The van der Waals surface area contributed by atoms with E-state index in [0.29, 0.717) is 43.9 Å². The molecule has 0 radical (unpaired) electrons. The third-order valence-corrected chi connectivity index (χ3v) is 6.28. The van der Waals surface area contributed by atoms with Crippen LogP contribution in [0.4, 0.5) is 13.2 Å². The van der Waals surface area contributed by atoms with Crippen molar-refractivity contribution in [1.82, 2.24) is 15.5 Å². The van der Waals surface area contributed by atoms with Crippen LogP contribution < -0.4 is 15.4 Å². The predicted octanol–water partition coefficient (Wildman–Crippen LogP) is 3.13. The molecule has 1 aliphatic rings. The van der Waals surface area contributed by atoms with Gasteiger partial charge in [0.05, 0.1) is 19.3 Å². The molecule has 1 aliphatic heterocycles. The molecule has 2 aromatic carbocycles. The molecule has 1 unspecified atom stereocenters. The topological polar surface area (TPSA) is 97.0 Å². The molecule has 11 heteroatoms. The third-order valence-electron chi connectivity index (χ3n) is 6.28. The Balaban J connectivity index is 1.66. The smallest absolute Gasteiger partial charge is 0.416 e. The fraction of sp³-hybridized carbons (Fsp3) is 0.423. The van der Waals surface area contributed by atoms with E-state index in [4.69, 9.17) is 9.47 Å². The minimum Gasteiger partial charge on any atom is -0.497 e. The van der Waals surface area contributed by atoms with Gasteiger partial charge in [0.1, 0.15) is 11.8 Å². The Morgan fingerprint density at radius 1 is 0.973 bits per heavy atom. The van der Waals surface area contributed by atoms with Crippen LogP contribution in [0.15, 0.2) is 48.5 Å². The highest BCUT2D eigenvalue weighted by molar-refractivity contribution is 5.98. The van der Waals surface area contributed by atoms with Gasteiger partial charge in [0.2, 0.25) is 5.91 Å². The summed E-state index contributed by atoms with van der Waals surface area (Å²) in [6.45, 7) is 1.18. The van der Waals surface area contributed by atoms with Crippen LogP contribution in [-0.4, -0.2) is 69.1 Å². The number of likely N-dealkylation sites (tertiary alicyclic amines) is 1. The number of piperidine rings is 1. The Morgan fingerprint density at radius 3 is 2.11 bits per heavy atom. The van der Waals surface area contributed by atoms with E-state index < -0.39 is 23.7 Å². The molecule has 1 saturated heterocycles. The van der Waals surface area contributed by atoms with Gasteiger partial charge in [-0.15, -0.1) is 0 Å². The summed E-state index contributed by atoms with van der Waals surface area (Å²) in [6, 6.07) is 9.75. The molecule has 0 aliphatic carbocycles. The minimum absolute atomic E-state index is 0.160. The molecule has 0 bridgehead atoms. The lowest BCUT2D eigenvalue weighted by molar-refractivity contribution is -0.137. The maximum absolute atomic E-state index is 13.0. The Bertz CT molecular complexity index is 1070. The number of ether oxygens (including phenoxy) is 2. The SMILES string of the molecule is COCCNC(=O)C(NC(=O)c1ccc(OC)cc1)C1CCN(C(=O)c2ccc(C(F)(F)F)cc2)CC1. The number of halogens is 3. The van der Waals surface area contributed by atoms with Crippen molar-refractivity contribution in [2.24, 2.45) is 5.92 Å². The Labute approximate surface area is 213 Å².